The van der Waals surface area contributed by atoms with Crippen LogP contribution in [0, 0.1) is 0 Å². The molecule has 334 valence electrons. The molecule has 1 aliphatic carbocycles. The molecule has 6 N–H and O–H groups in total. The molecule has 14 heteroatoms. The Morgan fingerprint density at radius 3 is 1.37 bits per heavy atom. The van der Waals surface area contributed by atoms with Gasteiger partial charge in [0.15, 0.2) is 6.10 Å². The molecular formula is C43H79O13P. The second-order valence-electron chi connectivity index (χ2n) is 15.5. The number of phosphoric acid groups is 1. The van der Waals surface area contributed by atoms with Crippen molar-refractivity contribution in [3.05, 3.63) is 24.3 Å². The van der Waals surface area contributed by atoms with Gasteiger partial charge < -0.3 is 39.9 Å². The van der Waals surface area contributed by atoms with Crippen LogP contribution in [0.4, 0.5) is 0 Å². The second-order valence-corrected chi connectivity index (χ2v) is 16.9. The van der Waals surface area contributed by atoms with Gasteiger partial charge in [-0.25, -0.2) is 4.57 Å². The average molecular weight is 835 g/mol. The van der Waals surface area contributed by atoms with E-state index in [9.17, 15) is 44.6 Å². The predicted octanol–water partition coefficient (Wildman–Crippen LogP) is 8.06. The van der Waals surface area contributed by atoms with Crippen molar-refractivity contribution in [1.29, 1.82) is 0 Å². The van der Waals surface area contributed by atoms with Gasteiger partial charge in [0.05, 0.1) is 6.61 Å². The van der Waals surface area contributed by atoms with E-state index in [0.29, 0.717) is 12.8 Å². The van der Waals surface area contributed by atoms with Crippen LogP contribution in [0.15, 0.2) is 24.3 Å². The zero-order valence-corrected chi connectivity index (χ0v) is 36.0. The van der Waals surface area contributed by atoms with E-state index in [-0.39, 0.29) is 12.8 Å². The second kappa shape index (κ2) is 34.1. The van der Waals surface area contributed by atoms with Gasteiger partial charge in [0, 0.05) is 12.8 Å². The third-order valence-electron chi connectivity index (χ3n) is 10.3. The van der Waals surface area contributed by atoms with E-state index in [2.05, 4.69) is 38.2 Å². The lowest BCUT2D eigenvalue weighted by Gasteiger charge is -2.41. The summed E-state index contributed by atoms with van der Waals surface area (Å²) >= 11 is 0. The molecule has 0 saturated heterocycles. The van der Waals surface area contributed by atoms with E-state index < -0.39 is 75.7 Å². The van der Waals surface area contributed by atoms with Gasteiger partial charge in [0.1, 0.15) is 43.2 Å². The number of allylic oxidation sites excluding steroid dienone is 4. The number of carbonyl (C=O) groups excluding carboxylic acids is 2. The number of esters is 2. The summed E-state index contributed by atoms with van der Waals surface area (Å²) in [6, 6.07) is 0. The number of unbranched alkanes of at least 4 members (excludes halogenated alkanes) is 20. The number of phosphoric ester groups is 1. The number of hydrogen-bond acceptors (Lipinski definition) is 12. The van der Waals surface area contributed by atoms with Crippen molar-refractivity contribution >= 4 is 19.8 Å². The van der Waals surface area contributed by atoms with Crippen molar-refractivity contribution < 1.29 is 63.1 Å². The Bertz CT molecular complexity index is 1100. The smallest absolute Gasteiger partial charge is 0.462 e. The maximum absolute atomic E-state index is 12.8. The minimum Gasteiger partial charge on any atom is -0.462 e. The average Bonchev–Trinajstić information content (AvgIpc) is 3.19. The van der Waals surface area contributed by atoms with Crippen LogP contribution in [0.2, 0.25) is 0 Å². The molecule has 57 heavy (non-hydrogen) atoms. The summed E-state index contributed by atoms with van der Waals surface area (Å²) in [6.45, 7) is 3.25. The highest BCUT2D eigenvalue weighted by atomic mass is 31.2. The number of aliphatic hydroxyl groups excluding tert-OH is 5. The molecule has 0 aromatic carbocycles. The molecule has 0 radical (unpaired) electrons. The van der Waals surface area contributed by atoms with Gasteiger partial charge >= 0.3 is 19.8 Å². The van der Waals surface area contributed by atoms with E-state index >= 15 is 0 Å². The molecule has 1 saturated carbocycles. The molecule has 1 fully saturated rings. The summed E-state index contributed by atoms with van der Waals surface area (Å²) in [5.74, 6) is -1.12. The molecular weight excluding hydrogens is 755 g/mol. The fraction of sp³-hybridized carbons (Fsp3) is 0.860. The SMILES string of the molecule is CCCCC/C=C\CCCCCCCC(=O)OC[C@H](COP(=O)(O)OC1C(O)C(O)C(O)[C@@H](O)C1O)OC(=O)CCCCCCC/C=C\CCCCCCCCC. The first kappa shape index (κ1) is 53.3. The monoisotopic (exact) mass is 835 g/mol. The van der Waals surface area contributed by atoms with Crippen LogP contribution in [0.1, 0.15) is 181 Å². The maximum Gasteiger partial charge on any atom is 0.472 e. The topological polar surface area (TPSA) is 210 Å². The van der Waals surface area contributed by atoms with Crippen LogP contribution in [-0.2, 0) is 32.7 Å². The molecule has 0 aliphatic heterocycles. The number of aliphatic hydroxyl groups is 5. The van der Waals surface area contributed by atoms with Gasteiger partial charge in [0.25, 0.3) is 0 Å². The third-order valence-corrected chi connectivity index (χ3v) is 11.3. The van der Waals surface area contributed by atoms with Crippen LogP contribution < -0.4 is 0 Å². The van der Waals surface area contributed by atoms with Crippen LogP contribution >= 0.6 is 7.82 Å². The van der Waals surface area contributed by atoms with Crippen molar-refractivity contribution in [2.75, 3.05) is 13.2 Å². The third kappa shape index (κ3) is 26.9. The summed E-state index contributed by atoms with van der Waals surface area (Å²) in [7, 11) is -5.12. The quantitative estimate of drug-likeness (QED) is 0.0153. The fourth-order valence-electron chi connectivity index (χ4n) is 6.63. The number of carbonyl (C=O) groups is 2. The maximum atomic E-state index is 12.8. The van der Waals surface area contributed by atoms with Crippen molar-refractivity contribution in [3.8, 4) is 0 Å². The molecule has 0 spiro atoms. The van der Waals surface area contributed by atoms with Gasteiger partial charge in [-0.2, -0.15) is 0 Å². The minimum atomic E-state index is -5.12. The molecule has 1 aliphatic rings. The van der Waals surface area contributed by atoms with Crippen molar-refractivity contribution in [1.82, 2.24) is 0 Å². The van der Waals surface area contributed by atoms with Crippen LogP contribution in [0.3, 0.4) is 0 Å². The first-order chi connectivity index (χ1) is 27.4. The largest absolute Gasteiger partial charge is 0.472 e. The highest BCUT2D eigenvalue weighted by Gasteiger charge is 2.51. The summed E-state index contributed by atoms with van der Waals surface area (Å²) in [5.41, 5.74) is 0. The molecule has 0 amide bonds. The minimum absolute atomic E-state index is 0.0866. The number of rotatable bonds is 36. The Morgan fingerprint density at radius 1 is 0.526 bits per heavy atom. The van der Waals surface area contributed by atoms with E-state index in [1.54, 1.807) is 0 Å². The Kier molecular flexibility index (Phi) is 31.9. The van der Waals surface area contributed by atoms with Crippen LogP contribution in [-0.4, -0.2) is 98.3 Å². The first-order valence-electron chi connectivity index (χ1n) is 22.1. The Balaban J connectivity index is 2.49. The lowest BCUT2D eigenvalue weighted by molar-refractivity contribution is -0.220. The molecule has 0 heterocycles. The van der Waals surface area contributed by atoms with Gasteiger partial charge in [-0.15, -0.1) is 0 Å². The highest BCUT2D eigenvalue weighted by molar-refractivity contribution is 7.47. The lowest BCUT2D eigenvalue weighted by atomic mass is 9.85. The summed E-state index contributed by atoms with van der Waals surface area (Å²) in [5, 5.41) is 50.1. The first-order valence-corrected chi connectivity index (χ1v) is 23.6. The van der Waals surface area contributed by atoms with E-state index in [4.69, 9.17) is 18.5 Å². The zero-order valence-electron chi connectivity index (χ0n) is 35.1. The molecule has 0 bridgehead atoms. The summed E-state index contributed by atoms with van der Waals surface area (Å²) in [4.78, 5) is 35.6. The lowest BCUT2D eigenvalue weighted by Crippen LogP contribution is -2.64. The van der Waals surface area contributed by atoms with Crippen molar-refractivity contribution in [2.24, 2.45) is 0 Å². The van der Waals surface area contributed by atoms with Crippen LogP contribution in [0.5, 0.6) is 0 Å². The van der Waals surface area contributed by atoms with Gasteiger partial charge in [0.2, 0.25) is 0 Å². The van der Waals surface area contributed by atoms with Gasteiger partial charge in [-0.05, 0) is 64.2 Å². The Hall–Kier alpha value is -1.67. The molecule has 1 rings (SSSR count). The van der Waals surface area contributed by atoms with Crippen molar-refractivity contribution in [2.45, 2.75) is 224 Å². The summed E-state index contributed by atoms with van der Waals surface area (Å²) < 4.78 is 33.4. The van der Waals surface area contributed by atoms with E-state index in [0.717, 1.165) is 77.0 Å². The van der Waals surface area contributed by atoms with Crippen LogP contribution in [0.25, 0.3) is 0 Å². The molecule has 6 unspecified atom stereocenters. The molecule has 0 aromatic heterocycles. The Labute approximate surface area is 343 Å². The standard InChI is InChI=1S/C43H79O13P/c1-3-5-7-9-11-13-15-17-18-19-20-22-24-26-28-30-32-37(45)55-35(33-53-36(44)31-29-27-25-23-21-16-14-12-10-8-6-4-2)34-54-57(51,52)56-43-41(49)39(47)38(46)40(48)42(43)50/h12,14,18-19,35,38-43,46-50H,3-11,13,15-17,20-34H2,1-2H3,(H,51,52)/b14-12-,19-18-/t35-,38?,39-,40?,41?,42?,43?/m1/s1. The van der Waals surface area contributed by atoms with E-state index in [1.807, 2.05) is 0 Å². The number of hydrogen-bond donors (Lipinski definition) is 6. The van der Waals surface area contributed by atoms with Gasteiger partial charge in [-0.3, -0.25) is 18.6 Å². The van der Waals surface area contributed by atoms with E-state index in [1.165, 1.54) is 64.2 Å². The normalized spacial score (nSPS) is 22.9. The summed E-state index contributed by atoms with van der Waals surface area (Å²) in [6.07, 6.45) is 22.4. The van der Waals surface area contributed by atoms with Gasteiger partial charge in [-0.1, -0.05) is 128 Å². The Morgan fingerprint density at radius 2 is 0.895 bits per heavy atom. The van der Waals surface area contributed by atoms with Crippen molar-refractivity contribution in [3.63, 3.8) is 0 Å². The predicted molar refractivity (Wildman–Crippen MR) is 221 cm³/mol. The zero-order chi connectivity index (χ0) is 42.2. The number of ether oxygens (including phenoxy) is 2. The molecule has 0 aromatic rings. The molecule has 13 nitrogen and oxygen atoms in total. The highest BCUT2D eigenvalue weighted by Crippen LogP contribution is 2.47. The fourth-order valence-corrected chi connectivity index (χ4v) is 7.60. The molecule has 8 atom stereocenters.